The first-order valence-corrected chi connectivity index (χ1v) is 5.33. The van der Waals surface area contributed by atoms with Gasteiger partial charge in [-0.2, -0.15) is 0 Å². The highest BCUT2D eigenvalue weighted by Gasteiger charge is 2.55. The summed E-state index contributed by atoms with van der Waals surface area (Å²) in [5.74, 6) is -0.0785. The van der Waals surface area contributed by atoms with Crippen molar-refractivity contribution in [1.29, 1.82) is 0 Å². The van der Waals surface area contributed by atoms with E-state index in [1.165, 1.54) is 0 Å². The number of fused-ring (bicyclic) bond motifs is 1. The summed E-state index contributed by atoms with van der Waals surface area (Å²) in [5, 5.41) is 5.84. The second-order valence-electron chi connectivity index (χ2n) is 4.13. The number of hydrogen-bond donors (Lipinski definition) is 0. The molecule has 0 radical (unpaired) electrons. The fraction of sp³-hybridized carbons (Fsp3) is 0.273. The van der Waals surface area contributed by atoms with Crippen molar-refractivity contribution in [3.63, 3.8) is 0 Å². The van der Waals surface area contributed by atoms with Gasteiger partial charge in [-0.25, -0.2) is 4.84 Å². The van der Waals surface area contributed by atoms with Crippen molar-refractivity contribution < 1.29 is 9.63 Å². The Labute approximate surface area is 97.4 Å². The van der Waals surface area contributed by atoms with Gasteiger partial charge < -0.3 is 0 Å². The normalized spacial score (nSPS) is 27.5. The zero-order valence-corrected chi connectivity index (χ0v) is 9.36. The zero-order valence-electron chi connectivity index (χ0n) is 8.61. The molecule has 0 aliphatic carbocycles. The number of nitrogens with zero attached hydrogens (tertiary/aromatic N) is 2. The zero-order chi connectivity index (χ0) is 11.3. The molecule has 0 saturated carbocycles. The van der Waals surface area contributed by atoms with E-state index in [0.29, 0.717) is 11.4 Å². The van der Waals surface area contributed by atoms with Crippen molar-refractivity contribution >= 4 is 23.2 Å². The summed E-state index contributed by atoms with van der Waals surface area (Å²) < 4.78 is 0. The third-order valence-electron chi connectivity index (χ3n) is 2.81. The van der Waals surface area contributed by atoms with Gasteiger partial charge in [-0.05, 0) is 24.6 Å². The van der Waals surface area contributed by atoms with Crippen LogP contribution in [0.4, 0.5) is 0 Å². The number of halogens is 1. The predicted octanol–water partition coefficient (Wildman–Crippen LogP) is 1.98. The Morgan fingerprint density at radius 1 is 1.44 bits per heavy atom. The Hall–Kier alpha value is -1.39. The summed E-state index contributed by atoms with van der Waals surface area (Å²) in [6.07, 6.45) is 0.504. The van der Waals surface area contributed by atoms with Crippen LogP contribution in [0.15, 0.2) is 29.4 Å². The number of carbonyl (C=O) groups excluding carboxylic acids is 1. The molecule has 1 aromatic rings. The average Bonchev–Trinajstić information content (AvgIpc) is 2.29. The molecule has 3 heterocycles. The highest BCUT2D eigenvalue weighted by molar-refractivity contribution is 6.30. The van der Waals surface area contributed by atoms with Gasteiger partial charge in [0.2, 0.25) is 0 Å². The first kappa shape index (κ1) is 9.81. The predicted molar refractivity (Wildman–Crippen MR) is 58.9 cm³/mol. The molecule has 5 heteroatoms. The van der Waals surface area contributed by atoms with Crippen LogP contribution in [-0.4, -0.2) is 22.4 Å². The molecule has 1 atom stereocenters. The third-order valence-corrected chi connectivity index (χ3v) is 3.06. The van der Waals surface area contributed by atoms with E-state index in [1.54, 1.807) is 19.1 Å². The number of benzene rings is 1. The summed E-state index contributed by atoms with van der Waals surface area (Å²) in [5.41, 5.74) is 1.10. The summed E-state index contributed by atoms with van der Waals surface area (Å²) >= 11 is 5.81. The van der Waals surface area contributed by atoms with Crippen LogP contribution < -0.4 is 0 Å². The standard InChI is InChI=1S/C11H9ClN2O2/c1-11-6-9(13-14(16-11)10(11)15)7-2-4-8(12)5-3-7/h2-5H,6H2,1H3. The van der Waals surface area contributed by atoms with E-state index in [1.807, 2.05) is 12.1 Å². The van der Waals surface area contributed by atoms with Gasteiger partial charge in [-0.15, -0.1) is 5.10 Å². The minimum Gasteiger partial charge on any atom is -0.267 e. The van der Waals surface area contributed by atoms with E-state index < -0.39 is 5.60 Å². The average molecular weight is 237 g/mol. The fourth-order valence-electron chi connectivity index (χ4n) is 1.87. The van der Waals surface area contributed by atoms with Crippen molar-refractivity contribution in [3.8, 4) is 0 Å². The monoisotopic (exact) mass is 236 g/mol. The molecular weight excluding hydrogens is 228 g/mol. The lowest BCUT2D eigenvalue weighted by Gasteiger charge is -2.45. The Morgan fingerprint density at radius 2 is 2.12 bits per heavy atom. The molecule has 4 rings (SSSR count). The molecule has 0 spiro atoms. The smallest absolute Gasteiger partial charge is 0.267 e. The maximum atomic E-state index is 11.5. The molecular formula is C11H9ClN2O2. The molecule has 1 amide bonds. The molecule has 1 saturated heterocycles. The molecule has 3 aliphatic rings. The van der Waals surface area contributed by atoms with Crippen molar-refractivity contribution in [3.05, 3.63) is 34.9 Å². The Morgan fingerprint density at radius 3 is 2.69 bits per heavy atom. The van der Waals surface area contributed by atoms with Crippen molar-refractivity contribution in [2.75, 3.05) is 0 Å². The molecule has 82 valence electrons. The van der Waals surface area contributed by atoms with E-state index in [-0.39, 0.29) is 5.91 Å². The van der Waals surface area contributed by atoms with Crippen LogP contribution in [-0.2, 0) is 9.63 Å². The Balaban J connectivity index is 1.96. The molecule has 1 fully saturated rings. The van der Waals surface area contributed by atoms with Crippen LogP contribution in [0, 0.1) is 0 Å². The first-order chi connectivity index (χ1) is 7.58. The Kier molecular flexibility index (Phi) is 1.87. The van der Waals surface area contributed by atoms with Crippen molar-refractivity contribution in [2.45, 2.75) is 18.9 Å². The molecule has 3 aliphatic heterocycles. The molecule has 0 N–H and O–H groups in total. The second kappa shape index (κ2) is 3.06. The second-order valence-corrected chi connectivity index (χ2v) is 4.57. The fourth-order valence-corrected chi connectivity index (χ4v) is 2.00. The lowest BCUT2D eigenvalue weighted by atomic mass is 9.91. The highest BCUT2D eigenvalue weighted by atomic mass is 35.5. The summed E-state index contributed by atoms with van der Waals surface area (Å²) in [4.78, 5) is 16.7. The highest BCUT2D eigenvalue weighted by Crippen LogP contribution is 2.37. The van der Waals surface area contributed by atoms with E-state index in [9.17, 15) is 4.79 Å². The summed E-state index contributed by atoms with van der Waals surface area (Å²) in [6, 6.07) is 7.39. The lowest BCUT2D eigenvalue weighted by molar-refractivity contribution is -0.307. The SMILES string of the molecule is CC12CC(c3ccc(Cl)cc3)=NN(O1)C2=O. The number of rotatable bonds is 1. The third kappa shape index (κ3) is 1.27. The minimum absolute atomic E-state index is 0.0785. The number of amides is 1. The largest absolute Gasteiger partial charge is 0.303 e. The Bertz CT molecular complexity index is 497. The minimum atomic E-state index is -0.725. The van der Waals surface area contributed by atoms with Gasteiger partial charge in [0, 0.05) is 11.4 Å². The quantitative estimate of drug-likeness (QED) is 0.748. The summed E-state index contributed by atoms with van der Waals surface area (Å²) in [6.45, 7) is 1.77. The van der Waals surface area contributed by atoms with Crippen molar-refractivity contribution in [2.24, 2.45) is 5.10 Å². The molecule has 0 aromatic heterocycles. The van der Waals surface area contributed by atoms with Crippen LogP contribution in [0.2, 0.25) is 5.02 Å². The topological polar surface area (TPSA) is 41.9 Å². The van der Waals surface area contributed by atoms with Gasteiger partial charge in [-0.1, -0.05) is 28.9 Å². The number of hydrazone groups is 1. The van der Waals surface area contributed by atoms with Gasteiger partial charge in [-0.3, -0.25) is 4.79 Å². The van der Waals surface area contributed by atoms with Crippen LogP contribution >= 0.6 is 11.6 Å². The summed E-state index contributed by atoms with van der Waals surface area (Å²) in [7, 11) is 0. The van der Waals surface area contributed by atoms with Gasteiger partial charge in [0.05, 0.1) is 5.71 Å². The molecule has 4 nitrogen and oxygen atoms in total. The molecule has 16 heavy (non-hydrogen) atoms. The van der Waals surface area contributed by atoms with E-state index in [2.05, 4.69) is 5.10 Å². The van der Waals surface area contributed by atoms with E-state index in [0.717, 1.165) is 16.4 Å². The molecule has 1 aromatic carbocycles. The maximum Gasteiger partial charge on any atom is 0.303 e. The van der Waals surface area contributed by atoms with Crippen LogP contribution in [0.5, 0.6) is 0 Å². The number of hydrogen-bond acceptors (Lipinski definition) is 3. The van der Waals surface area contributed by atoms with Gasteiger partial charge >= 0.3 is 5.91 Å². The maximum absolute atomic E-state index is 11.5. The first-order valence-electron chi connectivity index (χ1n) is 4.96. The van der Waals surface area contributed by atoms with Crippen molar-refractivity contribution in [1.82, 2.24) is 5.17 Å². The van der Waals surface area contributed by atoms with Gasteiger partial charge in [0.15, 0.2) is 5.60 Å². The van der Waals surface area contributed by atoms with Crippen LogP contribution in [0.25, 0.3) is 0 Å². The lowest BCUT2D eigenvalue weighted by Crippen LogP contribution is -2.64. The van der Waals surface area contributed by atoms with Gasteiger partial charge in [0.1, 0.15) is 0 Å². The van der Waals surface area contributed by atoms with Crippen LogP contribution in [0.3, 0.4) is 0 Å². The van der Waals surface area contributed by atoms with Crippen LogP contribution in [0.1, 0.15) is 18.9 Å². The van der Waals surface area contributed by atoms with E-state index in [4.69, 9.17) is 16.4 Å². The van der Waals surface area contributed by atoms with E-state index >= 15 is 0 Å². The molecule has 1 unspecified atom stereocenters. The molecule has 2 bridgehead atoms. The van der Waals surface area contributed by atoms with Gasteiger partial charge in [0.25, 0.3) is 0 Å². The number of carbonyl (C=O) groups is 1. The number of hydroxylamine groups is 1.